The van der Waals surface area contributed by atoms with Gasteiger partial charge in [-0.15, -0.1) is 0 Å². The topological polar surface area (TPSA) is 9.23 Å². The Labute approximate surface area is 70.0 Å². The van der Waals surface area contributed by atoms with Gasteiger partial charge in [-0.05, 0) is 19.1 Å². The first-order chi connectivity index (χ1) is 5.74. The first-order valence-corrected chi connectivity index (χ1v) is 3.75. The van der Waals surface area contributed by atoms with E-state index in [2.05, 4.69) is 0 Å². The highest BCUT2D eigenvalue weighted by Gasteiger charge is 2.06. The molecular weight excluding hydrogens is 162 g/mol. The predicted molar refractivity (Wildman–Crippen MR) is 42.6 cm³/mol. The van der Waals surface area contributed by atoms with Gasteiger partial charge >= 0.3 is 0 Å². The van der Waals surface area contributed by atoms with Gasteiger partial charge in [0.05, 0.1) is 6.61 Å². The molecule has 0 aliphatic heterocycles. The predicted octanol–water partition coefficient (Wildman–Crippen LogP) is 3.02. The van der Waals surface area contributed by atoms with E-state index in [-0.39, 0.29) is 5.56 Å². The number of rotatable bonds is 3. The van der Waals surface area contributed by atoms with Crippen LogP contribution in [-0.2, 0) is 0 Å². The van der Waals surface area contributed by atoms with Crippen LogP contribution in [0, 0.1) is 0 Å². The van der Waals surface area contributed by atoms with Gasteiger partial charge in [0.1, 0.15) is 5.75 Å². The molecule has 0 saturated carbocycles. The van der Waals surface area contributed by atoms with Crippen LogP contribution < -0.4 is 4.74 Å². The molecule has 0 saturated heterocycles. The van der Waals surface area contributed by atoms with Crippen molar-refractivity contribution in [1.29, 1.82) is 0 Å². The molecule has 12 heavy (non-hydrogen) atoms. The van der Waals surface area contributed by atoms with E-state index in [1.54, 1.807) is 12.1 Å². The maximum Gasteiger partial charge on any atom is 0.263 e. The molecule has 0 bridgehead atoms. The highest BCUT2D eigenvalue weighted by molar-refractivity contribution is 5.29. The van der Waals surface area contributed by atoms with Crippen LogP contribution in [0.15, 0.2) is 24.3 Å². The molecule has 0 fully saturated rings. The van der Waals surface area contributed by atoms with Crippen LogP contribution in [0.25, 0.3) is 0 Å². The van der Waals surface area contributed by atoms with Gasteiger partial charge in [0.25, 0.3) is 6.43 Å². The van der Waals surface area contributed by atoms with E-state index >= 15 is 0 Å². The third-order valence-corrected chi connectivity index (χ3v) is 1.42. The maximum atomic E-state index is 12.1. The third-order valence-electron chi connectivity index (χ3n) is 1.42. The number of alkyl halides is 2. The Kier molecular flexibility index (Phi) is 3.02. The van der Waals surface area contributed by atoms with E-state index < -0.39 is 6.43 Å². The summed E-state index contributed by atoms with van der Waals surface area (Å²) in [6.07, 6.45) is -2.43. The van der Waals surface area contributed by atoms with E-state index in [0.29, 0.717) is 12.4 Å². The molecule has 1 nitrogen and oxygen atoms in total. The lowest BCUT2D eigenvalue weighted by atomic mass is 10.2. The number of halogens is 2. The zero-order valence-corrected chi connectivity index (χ0v) is 6.76. The Bertz CT molecular complexity index is 248. The molecule has 0 unspecified atom stereocenters. The van der Waals surface area contributed by atoms with Crippen LogP contribution in [-0.4, -0.2) is 6.61 Å². The molecule has 1 aromatic carbocycles. The average Bonchev–Trinajstić information content (AvgIpc) is 2.05. The summed E-state index contributed by atoms with van der Waals surface area (Å²) in [6, 6.07) is 5.96. The fraction of sp³-hybridized carbons (Fsp3) is 0.333. The van der Waals surface area contributed by atoms with Crippen LogP contribution in [0.5, 0.6) is 5.75 Å². The zero-order chi connectivity index (χ0) is 8.97. The SMILES string of the molecule is CCOc1cccc(C(F)F)c1. The van der Waals surface area contributed by atoms with Crippen LogP contribution in [0.3, 0.4) is 0 Å². The van der Waals surface area contributed by atoms with E-state index in [1.165, 1.54) is 12.1 Å². The van der Waals surface area contributed by atoms with Gasteiger partial charge in [0, 0.05) is 5.56 Å². The minimum Gasteiger partial charge on any atom is -0.494 e. The monoisotopic (exact) mass is 172 g/mol. The van der Waals surface area contributed by atoms with Crippen molar-refractivity contribution in [2.45, 2.75) is 13.3 Å². The summed E-state index contributed by atoms with van der Waals surface area (Å²) in [4.78, 5) is 0. The first-order valence-electron chi connectivity index (χ1n) is 3.75. The van der Waals surface area contributed by atoms with Crippen LogP contribution in [0.2, 0.25) is 0 Å². The maximum absolute atomic E-state index is 12.1. The molecule has 0 amide bonds. The second-order valence-electron chi connectivity index (χ2n) is 2.31. The van der Waals surface area contributed by atoms with Crippen LogP contribution in [0.4, 0.5) is 8.78 Å². The molecule has 0 spiro atoms. The van der Waals surface area contributed by atoms with Gasteiger partial charge in [-0.1, -0.05) is 12.1 Å². The quantitative estimate of drug-likeness (QED) is 0.680. The molecule has 0 aliphatic carbocycles. The Morgan fingerprint density at radius 3 is 2.75 bits per heavy atom. The summed E-state index contributed by atoms with van der Waals surface area (Å²) in [7, 11) is 0. The molecule has 3 heteroatoms. The number of hydrogen-bond donors (Lipinski definition) is 0. The van der Waals surface area contributed by atoms with Gasteiger partial charge in [0.15, 0.2) is 0 Å². The van der Waals surface area contributed by atoms with E-state index in [1.807, 2.05) is 6.92 Å². The number of ether oxygens (including phenoxy) is 1. The zero-order valence-electron chi connectivity index (χ0n) is 6.76. The van der Waals surface area contributed by atoms with Crippen molar-refractivity contribution in [3.05, 3.63) is 29.8 Å². The van der Waals surface area contributed by atoms with E-state index in [9.17, 15) is 8.78 Å². The highest BCUT2D eigenvalue weighted by Crippen LogP contribution is 2.22. The van der Waals surface area contributed by atoms with Crippen molar-refractivity contribution in [2.75, 3.05) is 6.61 Å². The molecule has 0 radical (unpaired) electrons. The molecule has 66 valence electrons. The van der Waals surface area contributed by atoms with Gasteiger partial charge in [-0.2, -0.15) is 0 Å². The Balaban J connectivity index is 2.81. The lowest BCUT2D eigenvalue weighted by Crippen LogP contribution is -1.92. The van der Waals surface area contributed by atoms with Crippen molar-refractivity contribution in [2.24, 2.45) is 0 Å². The molecule has 0 heterocycles. The largest absolute Gasteiger partial charge is 0.494 e. The first kappa shape index (κ1) is 8.97. The Morgan fingerprint density at radius 1 is 1.42 bits per heavy atom. The molecular formula is C9H10F2O. The average molecular weight is 172 g/mol. The fourth-order valence-corrected chi connectivity index (χ4v) is 0.907. The van der Waals surface area contributed by atoms with Gasteiger partial charge < -0.3 is 4.74 Å². The second kappa shape index (κ2) is 4.04. The molecule has 1 aromatic rings. The number of benzene rings is 1. The molecule has 0 aliphatic rings. The van der Waals surface area contributed by atoms with Crippen molar-refractivity contribution < 1.29 is 13.5 Å². The third kappa shape index (κ3) is 2.19. The van der Waals surface area contributed by atoms with Crippen molar-refractivity contribution >= 4 is 0 Å². The minimum absolute atomic E-state index is 0.000880. The summed E-state index contributed by atoms with van der Waals surface area (Å²) < 4.78 is 29.3. The summed E-state index contributed by atoms with van der Waals surface area (Å²) in [5, 5.41) is 0. The standard InChI is InChI=1S/C9H10F2O/c1-2-12-8-5-3-4-7(6-8)9(10)11/h3-6,9H,2H2,1H3. The Morgan fingerprint density at radius 2 is 2.17 bits per heavy atom. The van der Waals surface area contributed by atoms with Crippen molar-refractivity contribution in [3.63, 3.8) is 0 Å². The summed E-state index contributed by atoms with van der Waals surface area (Å²) >= 11 is 0. The van der Waals surface area contributed by atoms with Crippen LogP contribution in [0.1, 0.15) is 18.9 Å². The highest BCUT2D eigenvalue weighted by atomic mass is 19.3. The molecule has 0 N–H and O–H groups in total. The fourth-order valence-electron chi connectivity index (χ4n) is 0.907. The lowest BCUT2D eigenvalue weighted by molar-refractivity contribution is 0.151. The molecule has 0 aromatic heterocycles. The van der Waals surface area contributed by atoms with Crippen molar-refractivity contribution in [3.8, 4) is 5.75 Å². The summed E-state index contributed by atoms with van der Waals surface area (Å²) in [5.74, 6) is 0.496. The summed E-state index contributed by atoms with van der Waals surface area (Å²) in [5.41, 5.74) is 0.000880. The molecule has 0 atom stereocenters. The van der Waals surface area contributed by atoms with E-state index in [0.717, 1.165) is 0 Å². The van der Waals surface area contributed by atoms with Gasteiger partial charge in [-0.25, -0.2) is 8.78 Å². The number of hydrogen-bond acceptors (Lipinski definition) is 1. The normalized spacial score (nSPS) is 10.3. The lowest BCUT2D eigenvalue weighted by Gasteiger charge is -2.04. The van der Waals surface area contributed by atoms with E-state index in [4.69, 9.17) is 4.74 Å². The van der Waals surface area contributed by atoms with Gasteiger partial charge in [0.2, 0.25) is 0 Å². The van der Waals surface area contributed by atoms with Crippen LogP contribution >= 0.6 is 0 Å². The second-order valence-corrected chi connectivity index (χ2v) is 2.31. The Hall–Kier alpha value is -1.12. The van der Waals surface area contributed by atoms with Crippen molar-refractivity contribution in [1.82, 2.24) is 0 Å². The summed E-state index contributed by atoms with van der Waals surface area (Å²) in [6.45, 7) is 2.31. The van der Waals surface area contributed by atoms with Gasteiger partial charge in [-0.3, -0.25) is 0 Å². The smallest absolute Gasteiger partial charge is 0.263 e. The minimum atomic E-state index is -2.43. The molecule has 1 rings (SSSR count).